The molecule has 2 N–H and O–H groups in total. The molecule has 1 aliphatic rings. The molecular weight excluding hydrogens is 226 g/mol. The number of tetrazole rings is 1. The molecule has 0 saturated heterocycles. The SMILES string of the molecule is Cc1cc(N)cc(-c2nnnn2CC2(C)CC2)c1. The monoisotopic (exact) mass is 243 g/mol. The molecule has 94 valence electrons. The lowest BCUT2D eigenvalue weighted by atomic mass is 10.1. The lowest BCUT2D eigenvalue weighted by Gasteiger charge is -2.10. The first-order valence-corrected chi connectivity index (χ1v) is 6.19. The molecule has 1 saturated carbocycles. The van der Waals surface area contributed by atoms with E-state index in [9.17, 15) is 0 Å². The third kappa shape index (κ3) is 2.08. The summed E-state index contributed by atoms with van der Waals surface area (Å²) in [7, 11) is 0. The van der Waals surface area contributed by atoms with Gasteiger partial charge >= 0.3 is 0 Å². The molecule has 18 heavy (non-hydrogen) atoms. The molecule has 1 heterocycles. The van der Waals surface area contributed by atoms with Gasteiger partial charge in [-0.3, -0.25) is 0 Å². The minimum atomic E-state index is 0.375. The Labute approximate surface area is 106 Å². The van der Waals surface area contributed by atoms with Gasteiger partial charge in [0, 0.05) is 11.3 Å². The first-order valence-electron chi connectivity index (χ1n) is 6.19. The molecule has 0 unspecified atom stereocenters. The molecule has 2 aromatic rings. The molecule has 0 amide bonds. The number of nitrogens with zero attached hydrogens (tertiary/aromatic N) is 4. The first kappa shape index (κ1) is 11.2. The van der Waals surface area contributed by atoms with Crippen LogP contribution in [0.4, 0.5) is 5.69 Å². The number of benzene rings is 1. The van der Waals surface area contributed by atoms with E-state index in [0.29, 0.717) is 5.41 Å². The highest BCUT2D eigenvalue weighted by molar-refractivity contribution is 5.62. The number of aromatic nitrogens is 4. The van der Waals surface area contributed by atoms with Crippen molar-refractivity contribution in [1.29, 1.82) is 0 Å². The lowest BCUT2D eigenvalue weighted by molar-refractivity contribution is 0.427. The molecule has 3 rings (SSSR count). The Kier molecular flexibility index (Phi) is 2.36. The molecule has 0 bridgehead atoms. The van der Waals surface area contributed by atoms with Crippen molar-refractivity contribution >= 4 is 5.69 Å². The Morgan fingerprint density at radius 3 is 2.78 bits per heavy atom. The van der Waals surface area contributed by atoms with Crippen molar-refractivity contribution in [3.05, 3.63) is 23.8 Å². The minimum Gasteiger partial charge on any atom is -0.399 e. The lowest BCUT2D eigenvalue weighted by Crippen LogP contribution is -2.11. The molecule has 1 fully saturated rings. The normalized spacial score (nSPS) is 16.8. The summed E-state index contributed by atoms with van der Waals surface area (Å²) in [6.45, 7) is 5.17. The fourth-order valence-electron chi connectivity index (χ4n) is 2.19. The molecule has 1 aliphatic carbocycles. The molecule has 0 aliphatic heterocycles. The maximum absolute atomic E-state index is 5.88. The average Bonchev–Trinajstić information content (AvgIpc) is 2.85. The van der Waals surface area contributed by atoms with E-state index in [2.05, 4.69) is 28.5 Å². The molecule has 5 nitrogen and oxygen atoms in total. The van der Waals surface area contributed by atoms with Gasteiger partial charge in [-0.2, -0.15) is 0 Å². The van der Waals surface area contributed by atoms with E-state index in [0.717, 1.165) is 29.2 Å². The second-order valence-corrected chi connectivity index (χ2v) is 5.60. The van der Waals surface area contributed by atoms with Crippen LogP contribution < -0.4 is 5.73 Å². The Hall–Kier alpha value is -1.91. The summed E-state index contributed by atoms with van der Waals surface area (Å²) in [5.74, 6) is 0.804. The van der Waals surface area contributed by atoms with Crippen LogP contribution in [0.15, 0.2) is 18.2 Å². The maximum atomic E-state index is 5.88. The van der Waals surface area contributed by atoms with Gasteiger partial charge in [0.15, 0.2) is 5.82 Å². The van der Waals surface area contributed by atoms with E-state index in [1.807, 2.05) is 23.7 Å². The van der Waals surface area contributed by atoms with Crippen LogP contribution in [-0.2, 0) is 6.54 Å². The highest BCUT2D eigenvalue weighted by atomic mass is 15.5. The third-order valence-electron chi connectivity index (χ3n) is 3.52. The summed E-state index contributed by atoms with van der Waals surface area (Å²) in [4.78, 5) is 0. The number of rotatable bonds is 3. The van der Waals surface area contributed by atoms with E-state index in [1.165, 1.54) is 12.8 Å². The van der Waals surface area contributed by atoms with Gasteiger partial charge in [0.1, 0.15) is 0 Å². The number of nitrogens with two attached hydrogens (primary N) is 1. The van der Waals surface area contributed by atoms with Crippen LogP contribution in [0, 0.1) is 12.3 Å². The zero-order chi connectivity index (χ0) is 12.8. The van der Waals surface area contributed by atoms with E-state index in [4.69, 9.17) is 5.73 Å². The Balaban J connectivity index is 1.98. The first-order chi connectivity index (χ1) is 8.56. The van der Waals surface area contributed by atoms with Gasteiger partial charge < -0.3 is 5.73 Å². The fraction of sp³-hybridized carbons (Fsp3) is 0.462. The van der Waals surface area contributed by atoms with Gasteiger partial charge in [0.05, 0.1) is 6.54 Å². The molecular formula is C13H17N5. The average molecular weight is 243 g/mol. The summed E-state index contributed by atoms with van der Waals surface area (Å²) in [5, 5.41) is 12.0. The molecule has 5 heteroatoms. The largest absolute Gasteiger partial charge is 0.399 e. The topological polar surface area (TPSA) is 69.6 Å². The second-order valence-electron chi connectivity index (χ2n) is 5.60. The number of anilines is 1. The highest BCUT2D eigenvalue weighted by Gasteiger charge is 2.38. The van der Waals surface area contributed by atoms with Crippen LogP contribution in [0.5, 0.6) is 0 Å². The van der Waals surface area contributed by atoms with E-state index in [-0.39, 0.29) is 0 Å². The third-order valence-corrected chi connectivity index (χ3v) is 3.52. The van der Waals surface area contributed by atoms with Crippen LogP contribution in [0.2, 0.25) is 0 Å². The van der Waals surface area contributed by atoms with Gasteiger partial charge in [-0.05, 0) is 59.4 Å². The summed E-state index contributed by atoms with van der Waals surface area (Å²) in [6, 6.07) is 5.93. The predicted molar refractivity (Wildman–Crippen MR) is 69.7 cm³/mol. The van der Waals surface area contributed by atoms with Gasteiger partial charge in [0.2, 0.25) is 0 Å². The van der Waals surface area contributed by atoms with Gasteiger partial charge in [-0.1, -0.05) is 6.92 Å². The minimum absolute atomic E-state index is 0.375. The van der Waals surface area contributed by atoms with E-state index in [1.54, 1.807) is 0 Å². The van der Waals surface area contributed by atoms with Gasteiger partial charge in [0.25, 0.3) is 0 Å². The second kappa shape index (κ2) is 3.80. The van der Waals surface area contributed by atoms with E-state index >= 15 is 0 Å². The van der Waals surface area contributed by atoms with Crippen LogP contribution in [0.1, 0.15) is 25.3 Å². The summed E-state index contributed by atoms with van der Waals surface area (Å²) in [6.07, 6.45) is 2.50. The molecule has 0 radical (unpaired) electrons. The maximum Gasteiger partial charge on any atom is 0.182 e. The van der Waals surface area contributed by atoms with Crippen molar-refractivity contribution in [2.75, 3.05) is 5.73 Å². The van der Waals surface area contributed by atoms with Crippen LogP contribution in [0.3, 0.4) is 0 Å². The standard InChI is InChI=1S/C13H17N5/c1-9-5-10(7-11(14)6-9)12-15-16-17-18(12)8-13(2)3-4-13/h5-7H,3-4,8,14H2,1-2H3. The molecule has 1 aromatic carbocycles. The number of nitrogen functional groups attached to an aromatic ring is 1. The Bertz CT molecular complexity index is 563. The van der Waals surface area contributed by atoms with Crippen molar-refractivity contribution in [2.24, 2.45) is 5.41 Å². The Morgan fingerprint density at radius 2 is 2.11 bits per heavy atom. The molecule has 0 atom stereocenters. The van der Waals surface area contributed by atoms with Crippen molar-refractivity contribution in [2.45, 2.75) is 33.2 Å². The fourth-order valence-corrected chi connectivity index (χ4v) is 2.19. The Morgan fingerprint density at radius 1 is 1.33 bits per heavy atom. The summed E-state index contributed by atoms with van der Waals surface area (Å²) in [5.41, 5.74) is 9.11. The van der Waals surface area contributed by atoms with Crippen molar-refractivity contribution in [3.63, 3.8) is 0 Å². The van der Waals surface area contributed by atoms with Crippen LogP contribution in [0.25, 0.3) is 11.4 Å². The number of hydrogen-bond donors (Lipinski definition) is 1. The van der Waals surface area contributed by atoms with Crippen molar-refractivity contribution in [1.82, 2.24) is 20.2 Å². The zero-order valence-corrected chi connectivity index (χ0v) is 10.7. The van der Waals surface area contributed by atoms with Crippen LogP contribution >= 0.6 is 0 Å². The molecule has 1 aromatic heterocycles. The van der Waals surface area contributed by atoms with Gasteiger partial charge in [-0.15, -0.1) is 5.10 Å². The van der Waals surface area contributed by atoms with Crippen molar-refractivity contribution < 1.29 is 0 Å². The predicted octanol–water partition coefficient (Wildman–Crippen LogP) is 2.03. The van der Waals surface area contributed by atoms with Gasteiger partial charge in [-0.25, -0.2) is 4.68 Å². The van der Waals surface area contributed by atoms with Crippen LogP contribution in [-0.4, -0.2) is 20.2 Å². The van der Waals surface area contributed by atoms with E-state index < -0.39 is 0 Å². The van der Waals surface area contributed by atoms with Crippen molar-refractivity contribution in [3.8, 4) is 11.4 Å². The summed E-state index contributed by atoms with van der Waals surface area (Å²) < 4.78 is 1.89. The quantitative estimate of drug-likeness (QED) is 0.837. The smallest absolute Gasteiger partial charge is 0.182 e. The zero-order valence-electron chi connectivity index (χ0n) is 10.7. The number of hydrogen-bond acceptors (Lipinski definition) is 4. The molecule has 0 spiro atoms. The number of aryl methyl sites for hydroxylation is 1. The summed E-state index contributed by atoms with van der Waals surface area (Å²) >= 11 is 0. The highest BCUT2D eigenvalue weighted by Crippen LogP contribution is 2.46.